The molecular weight excluding hydrogens is 663 g/mol. The van der Waals surface area contributed by atoms with Crippen LogP contribution >= 0.6 is 0 Å². The lowest BCUT2D eigenvalue weighted by atomic mass is 10.0. The van der Waals surface area contributed by atoms with E-state index in [2.05, 4.69) is 155 Å². The van der Waals surface area contributed by atoms with E-state index in [0.717, 1.165) is 72.4 Å². The predicted octanol–water partition coefficient (Wildman–Crippen LogP) is 13.6. The minimum atomic E-state index is 0.599. The van der Waals surface area contributed by atoms with Gasteiger partial charge < -0.3 is 18.3 Å². The third kappa shape index (κ3) is 4.90. The number of fused-ring (bicyclic) bond motifs is 7. The zero-order chi connectivity index (χ0) is 35.6. The smallest absolute Gasteiger partial charge is 0.227 e. The van der Waals surface area contributed by atoms with Crippen molar-refractivity contribution in [1.82, 2.24) is 9.55 Å². The van der Waals surface area contributed by atoms with Gasteiger partial charge in [-0.1, -0.05) is 103 Å². The van der Waals surface area contributed by atoms with E-state index in [4.69, 9.17) is 13.8 Å². The van der Waals surface area contributed by atoms with Crippen LogP contribution in [0.4, 0.5) is 17.1 Å². The highest BCUT2D eigenvalue weighted by atomic mass is 16.4. The van der Waals surface area contributed by atoms with Crippen molar-refractivity contribution in [2.45, 2.75) is 0 Å². The molecule has 5 nitrogen and oxygen atoms in total. The van der Waals surface area contributed by atoms with E-state index in [1.54, 1.807) is 0 Å². The maximum Gasteiger partial charge on any atom is 0.227 e. The van der Waals surface area contributed by atoms with Crippen molar-refractivity contribution in [3.8, 4) is 28.3 Å². The first-order valence-corrected chi connectivity index (χ1v) is 18.1. The highest BCUT2D eigenvalue weighted by Gasteiger charge is 2.20. The van der Waals surface area contributed by atoms with Gasteiger partial charge in [0.15, 0.2) is 5.58 Å². The molecule has 0 spiro atoms. The minimum Gasteiger partial charge on any atom is -0.456 e. The molecule has 0 bridgehead atoms. The molecule has 0 radical (unpaired) electrons. The van der Waals surface area contributed by atoms with E-state index in [9.17, 15) is 0 Å². The first-order valence-electron chi connectivity index (χ1n) is 18.1. The summed E-state index contributed by atoms with van der Waals surface area (Å²) in [5, 5.41) is 4.44. The molecular formula is C49H31N3O2. The summed E-state index contributed by atoms with van der Waals surface area (Å²) in [5.74, 6) is 0.599. The van der Waals surface area contributed by atoms with Crippen molar-refractivity contribution in [3.05, 3.63) is 188 Å². The van der Waals surface area contributed by atoms with Crippen molar-refractivity contribution in [2.75, 3.05) is 4.90 Å². The molecule has 0 amide bonds. The van der Waals surface area contributed by atoms with Crippen LogP contribution in [-0.2, 0) is 0 Å². The zero-order valence-corrected chi connectivity index (χ0v) is 29.1. The summed E-state index contributed by atoms with van der Waals surface area (Å²) < 4.78 is 15.2. The first-order chi connectivity index (χ1) is 26.7. The Morgan fingerprint density at radius 2 is 1.02 bits per heavy atom. The summed E-state index contributed by atoms with van der Waals surface area (Å²) in [5.41, 5.74) is 12.8. The predicted molar refractivity (Wildman–Crippen MR) is 221 cm³/mol. The molecule has 0 N–H and O–H groups in total. The van der Waals surface area contributed by atoms with Crippen molar-refractivity contribution in [2.24, 2.45) is 0 Å². The maximum absolute atomic E-state index is 6.61. The molecule has 3 heterocycles. The summed E-state index contributed by atoms with van der Waals surface area (Å²) in [6.45, 7) is 0. The third-order valence-electron chi connectivity index (χ3n) is 10.4. The maximum atomic E-state index is 6.61. The van der Waals surface area contributed by atoms with Crippen molar-refractivity contribution in [1.29, 1.82) is 0 Å². The Morgan fingerprint density at radius 3 is 1.83 bits per heavy atom. The van der Waals surface area contributed by atoms with Gasteiger partial charge >= 0.3 is 0 Å². The molecule has 5 heteroatoms. The number of hydrogen-bond donors (Lipinski definition) is 0. The zero-order valence-electron chi connectivity index (χ0n) is 29.1. The molecule has 0 fully saturated rings. The van der Waals surface area contributed by atoms with Gasteiger partial charge in [-0.3, -0.25) is 0 Å². The standard InChI is InChI=1S/C49H31N3O2/c1-4-13-32(14-5-1)34-17-12-20-36(27-34)51(37-23-25-40-39-21-10-11-22-44(39)52(45(40)28-37)35-18-8-3-9-19-35)38-24-26-41-42-30-48-43(31-47(42)53-46(41)29-38)50-49(54-48)33-15-6-2-7-16-33/h1-31H. The Hall–Kier alpha value is -7.37. The van der Waals surface area contributed by atoms with Crippen molar-refractivity contribution < 1.29 is 8.83 Å². The highest BCUT2D eigenvalue weighted by Crippen LogP contribution is 2.43. The summed E-state index contributed by atoms with van der Waals surface area (Å²) in [4.78, 5) is 7.12. The number of para-hydroxylation sites is 2. The number of hydrogen-bond acceptors (Lipinski definition) is 4. The molecule has 0 aliphatic rings. The molecule has 11 rings (SSSR count). The Labute approximate surface area is 310 Å². The van der Waals surface area contributed by atoms with Crippen LogP contribution < -0.4 is 4.90 Å². The van der Waals surface area contributed by atoms with Crippen LogP contribution in [0.1, 0.15) is 0 Å². The topological polar surface area (TPSA) is 47.3 Å². The molecule has 3 aromatic heterocycles. The second kappa shape index (κ2) is 12.1. The number of benzene rings is 8. The number of aromatic nitrogens is 2. The van der Waals surface area contributed by atoms with Gasteiger partial charge in [-0.25, -0.2) is 4.98 Å². The van der Waals surface area contributed by atoms with Gasteiger partial charge in [-0.2, -0.15) is 0 Å². The van der Waals surface area contributed by atoms with Gasteiger partial charge in [-0.05, 0) is 83.9 Å². The molecule has 254 valence electrons. The molecule has 0 unspecified atom stereocenters. The second-order valence-electron chi connectivity index (χ2n) is 13.6. The van der Waals surface area contributed by atoms with E-state index in [1.165, 1.54) is 21.9 Å². The van der Waals surface area contributed by atoms with Gasteiger partial charge in [0.1, 0.15) is 16.7 Å². The normalized spacial score (nSPS) is 11.7. The second-order valence-corrected chi connectivity index (χ2v) is 13.6. The molecule has 0 atom stereocenters. The summed E-state index contributed by atoms with van der Waals surface area (Å²) in [7, 11) is 0. The van der Waals surface area contributed by atoms with Crippen LogP contribution in [0.15, 0.2) is 197 Å². The SMILES string of the molecule is c1ccc(-c2cccc(N(c3ccc4c(c3)oc3cc5nc(-c6ccccc6)oc5cc34)c3ccc4c5ccccc5n(-c5ccccc5)c4c3)c2)cc1. The molecule has 0 aliphatic carbocycles. The Kier molecular flexibility index (Phi) is 6.79. The van der Waals surface area contributed by atoms with Gasteiger partial charge in [-0.15, -0.1) is 0 Å². The van der Waals surface area contributed by atoms with Crippen LogP contribution in [0.25, 0.3) is 83.1 Å². The molecule has 54 heavy (non-hydrogen) atoms. The lowest BCUT2D eigenvalue weighted by Gasteiger charge is -2.26. The molecule has 8 aromatic carbocycles. The number of nitrogens with zero attached hydrogens (tertiary/aromatic N) is 3. The van der Waals surface area contributed by atoms with Gasteiger partial charge in [0.05, 0.1) is 11.0 Å². The van der Waals surface area contributed by atoms with Crippen LogP contribution in [0, 0.1) is 0 Å². The fourth-order valence-electron chi connectivity index (χ4n) is 7.89. The average Bonchev–Trinajstić information content (AvgIpc) is 3.92. The number of oxazole rings is 1. The fourth-order valence-corrected chi connectivity index (χ4v) is 7.89. The van der Waals surface area contributed by atoms with Crippen molar-refractivity contribution >= 4 is 71.9 Å². The van der Waals surface area contributed by atoms with Crippen LogP contribution in [-0.4, -0.2) is 9.55 Å². The van der Waals surface area contributed by atoms with E-state index in [1.807, 2.05) is 42.5 Å². The highest BCUT2D eigenvalue weighted by molar-refractivity contribution is 6.12. The molecule has 0 saturated heterocycles. The fraction of sp³-hybridized carbons (Fsp3) is 0. The molecule has 0 aliphatic heterocycles. The number of furan rings is 1. The van der Waals surface area contributed by atoms with E-state index >= 15 is 0 Å². The van der Waals surface area contributed by atoms with Gasteiger partial charge in [0.2, 0.25) is 5.89 Å². The van der Waals surface area contributed by atoms with Gasteiger partial charge in [0, 0.05) is 62.0 Å². The lowest BCUT2D eigenvalue weighted by Crippen LogP contribution is -2.10. The summed E-state index contributed by atoms with van der Waals surface area (Å²) in [6, 6.07) is 65.8. The van der Waals surface area contributed by atoms with Crippen LogP contribution in [0.3, 0.4) is 0 Å². The van der Waals surface area contributed by atoms with Crippen LogP contribution in [0.5, 0.6) is 0 Å². The van der Waals surface area contributed by atoms with E-state index < -0.39 is 0 Å². The van der Waals surface area contributed by atoms with Crippen molar-refractivity contribution in [3.63, 3.8) is 0 Å². The Balaban J connectivity index is 1.10. The van der Waals surface area contributed by atoms with Gasteiger partial charge in [0.25, 0.3) is 0 Å². The van der Waals surface area contributed by atoms with E-state index in [0.29, 0.717) is 5.89 Å². The van der Waals surface area contributed by atoms with Crippen LogP contribution in [0.2, 0.25) is 0 Å². The summed E-state index contributed by atoms with van der Waals surface area (Å²) in [6.07, 6.45) is 0. The van der Waals surface area contributed by atoms with E-state index in [-0.39, 0.29) is 0 Å². The lowest BCUT2D eigenvalue weighted by molar-refractivity contribution is 0.620. The number of rotatable bonds is 6. The first kappa shape index (κ1) is 30.3. The monoisotopic (exact) mass is 693 g/mol. The largest absolute Gasteiger partial charge is 0.456 e. The minimum absolute atomic E-state index is 0.599. The Bertz CT molecular complexity index is 3160. The molecule has 0 saturated carbocycles. The third-order valence-corrected chi connectivity index (χ3v) is 10.4. The average molecular weight is 694 g/mol. The molecule has 11 aromatic rings. The quantitative estimate of drug-likeness (QED) is 0.174. The Morgan fingerprint density at radius 1 is 0.389 bits per heavy atom. The summed E-state index contributed by atoms with van der Waals surface area (Å²) >= 11 is 0. The number of anilines is 3.